The number of unbranched alkanes of at least 4 members (excludes halogenated alkanes) is 3. The number of piperazine rings is 2. The van der Waals surface area contributed by atoms with Crippen molar-refractivity contribution in [2.75, 3.05) is 88.0 Å². The number of thioether (sulfide) groups is 1. The van der Waals surface area contributed by atoms with Gasteiger partial charge in [-0.3, -0.25) is 43.9 Å². The van der Waals surface area contributed by atoms with Crippen molar-refractivity contribution in [3.63, 3.8) is 0 Å². The van der Waals surface area contributed by atoms with Crippen LogP contribution in [0.1, 0.15) is 158 Å². The molecule has 560 valence electrons. The Labute approximate surface area is 631 Å². The predicted octanol–water partition coefficient (Wildman–Crippen LogP) is 12.8. The molecule has 0 radical (unpaired) electrons. The average Bonchev–Trinajstić information content (AvgIpc) is 1.44. The smallest absolute Gasteiger partial charge is 0.295 e. The molecule has 105 heavy (non-hydrogen) atoms. The summed E-state index contributed by atoms with van der Waals surface area (Å²) < 4.78 is 30.7. The number of nitro benzene ring substituents is 1. The first-order valence-corrected chi connectivity index (χ1v) is 40.1. The number of hydrogen-bond acceptors (Lipinski definition) is 17. The Balaban J connectivity index is 0.700. The van der Waals surface area contributed by atoms with Crippen LogP contribution in [0.15, 0.2) is 136 Å². The molecule has 3 saturated heterocycles. The van der Waals surface area contributed by atoms with Crippen LogP contribution in [0.25, 0.3) is 16.0 Å². The Kier molecular flexibility index (Phi) is 26.5. The predicted molar refractivity (Wildman–Crippen MR) is 418 cm³/mol. The SMILES string of the molecule is Cc1ncsc1-c1ccc([C@H](C)NC(=O)[C@@H]2C[C@@H](O)CN2C(=O)[C@@H](NC(=O)CCCCCCC(=O)N2CCN(CC#Cc3cc(S(=O)(=O)NC(=O)c4ccc(N5CCN(CC6=C(c7ccc(Cl)cc7)CCC(C)(C)C6)CC5)cc4)cc([N+](=O)[O-])c3NC(C)(C)CSc3ccccc3)CC2)C(C)(C)C)cc1. The number of nitrogens with zero attached hydrogens (tertiary/aromatic N) is 7. The number of aliphatic hydroxyl groups is 1. The van der Waals surface area contributed by atoms with E-state index >= 15 is 0 Å². The Morgan fingerprint density at radius 2 is 1.49 bits per heavy atom. The molecule has 25 heteroatoms. The van der Waals surface area contributed by atoms with Crippen molar-refractivity contribution in [2.24, 2.45) is 10.8 Å². The van der Waals surface area contributed by atoms with Crippen molar-refractivity contribution in [3.8, 4) is 22.3 Å². The zero-order valence-corrected chi connectivity index (χ0v) is 65.0. The Bertz CT molecular complexity index is 4290. The first kappa shape index (κ1) is 79.4. The number of aryl methyl sites for hydroxylation is 1. The maximum atomic E-state index is 14.3. The minimum Gasteiger partial charge on any atom is -0.391 e. The molecule has 21 nitrogen and oxygen atoms in total. The van der Waals surface area contributed by atoms with Crippen LogP contribution in [0.4, 0.5) is 17.1 Å². The van der Waals surface area contributed by atoms with Gasteiger partial charge in [-0.1, -0.05) is 131 Å². The Hall–Kier alpha value is -8.15. The average molecular weight is 1510 g/mol. The van der Waals surface area contributed by atoms with E-state index in [1.807, 2.05) is 138 Å². The molecule has 3 aliphatic heterocycles. The molecule has 3 fully saturated rings. The molecule has 0 bridgehead atoms. The molecular formula is C80H100ClN11O10S3. The number of nitrogens with one attached hydrogen (secondary N) is 4. The van der Waals surface area contributed by atoms with Crippen LogP contribution in [0.3, 0.4) is 0 Å². The number of nitro groups is 1. The van der Waals surface area contributed by atoms with E-state index < -0.39 is 66.5 Å². The second-order valence-corrected chi connectivity index (χ2v) is 34.7. The number of benzene rings is 5. The maximum Gasteiger partial charge on any atom is 0.295 e. The third-order valence-electron chi connectivity index (χ3n) is 20.1. The van der Waals surface area contributed by atoms with Crippen LogP contribution in [0, 0.1) is 39.7 Å². The third-order valence-corrected chi connectivity index (χ3v) is 24.1. The number of hydrogen-bond donors (Lipinski definition) is 5. The summed E-state index contributed by atoms with van der Waals surface area (Å²) in [7, 11) is -4.70. The minimum absolute atomic E-state index is 0.00973. The van der Waals surface area contributed by atoms with Crippen molar-refractivity contribution in [1.82, 2.24) is 39.9 Å². The van der Waals surface area contributed by atoms with E-state index in [1.54, 1.807) is 35.2 Å². The highest BCUT2D eigenvalue weighted by Crippen LogP contribution is 2.43. The number of carbonyl (C=O) groups excluding carboxylic acids is 5. The van der Waals surface area contributed by atoms with Gasteiger partial charge in [-0.15, -0.1) is 23.1 Å². The van der Waals surface area contributed by atoms with Crippen molar-refractivity contribution in [2.45, 2.75) is 166 Å². The summed E-state index contributed by atoms with van der Waals surface area (Å²) in [5.41, 5.74) is 8.08. The van der Waals surface area contributed by atoms with Gasteiger partial charge in [0.2, 0.25) is 23.6 Å². The zero-order valence-electron chi connectivity index (χ0n) is 61.8. The molecule has 0 spiro atoms. The number of allylic oxidation sites excluding steroid dienone is 1. The standard InChI is InChI=1S/C80H100ClN11O10S3/c1-54(56-23-25-58(26-24-56)73-55(2)82-53-104-73)83-76(97)69-47-64(93)51-91(69)77(98)74(78(3,4)5)84-70(94)21-15-10-11-16-22-71(95)90-44-38-87(39-45-90)37-17-18-60-46-66(48-68(92(99)100)72(60)85-80(8,9)52-103-65-19-13-12-14-20-65)105(101,102)86-75(96)59-29-33-63(34-30-59)89-42-40-88(41-43-89)50-61-49-79(6,7)36-35-67(61)57-27-31-62(81)32-28-57/h12-14,19-20,23-34,46,48,53-54,64,69,74,85,93H,10-11,15-16,21-22,35-45,47,49-52H2,1-9H3,(H,83,97)(H,84,94)(H,86,96)/t54-,64+,69-,74+/m0/s1. The Morgan fingerprint density at radius 3 is 2.13 bits per heavy atom. The first-order valence-electron chi connectivity index (χ1n) is 36.4. The molecule has 1 aliphatic carbocycles. The number of aromatic nitrogens is 1. The van der Waals surface area contributed by atoms with Crippen molar-refractivity contribution >= 4 is 96.9 Å². The van der Waals surface area contributed by atoms with E-state index in [1.165, 1.54) is 27.7 Å². The molecule has 4 aliphatic rings. The molecular weight excluding hydrogens is 1410 g/mol. The summed E-state index contributed by atoms with van der Waals surface area (Å²) in [5.74, 6) is 4.67. The van der Waals surface area contributed by atoms with Gasteiger partial charge in [0.1, 0.15) is 17.8 Å². The quantitative estimate of drug-likeness (QED) is 0.0106. The molecule has 4 atom stereocenters. The number of rotatable bonds is 27. The van der Waals surface area contributed by atoms with Gasteiger partial charge in [-0.05, 0) is 147 Å². The van der Waals surface area contributed by atoms with Gasteiger partial charge in [-0.25, -0.2) is 18.1 Å². The number of β-amino-alcohol motifs (C(OH)–C–C–N with tert-alkyl or cyclic N) is 1. The number of anilines is 2. The summed E-state index contributed by atoms with van der Waals surface area (Å²) in [6.45, 7) is 24.0. The van der Waals surface area contributed by atoms with E-state index in [4.69, 9.17) is 11.6 Å². The lowest BCUT2D eigenvalue weighted by atomic mass is 9.73. The Morgan fingerprint density at radius 1 is 0.829 bits per heavy atom. The highest BCUT2D eigenvalue weighted by molar-refractivity contribution is 7.99. The summed E-state index contributed by atoms with van der Waals surface area (Å²) >= 11 is 9.37. The summed E-state index contributed by atoms with van der Waals surface area (Å²) in [6, 6.07) is 32.5. The van der Waals surface area contributed by atoms with Gasteiger partial charge < -0.3 is 35.8 Å². The van der Waals surface area contributed by atoms with Gasteiger partial charge in [0.25, 0.3) is 21.6 Å². The molecule has 5 amide bonds. The largest absolute Gasteiger partial charge is 0.391 e. The number of amides is 5. The van der Waals surface area contributed by atoms with Gasteiger partial charge in [0.05, 0.1) is 50.2 Å². The highest BCUT2D eigenvalue weighted by Gasteiger charge is 2.45. The molecule has 5 N–H and O–H groups in total. The van der Waals surface area contributed by atoms with Crippen LogP contribution in [0.5, 0.6) is 0 Å². The topological polar surface area (TPSA) is 260 Å². The highest BCUT2D eigenvalue weighted by atomic mass is 35.5. The lowest BCUT2D eigenvalue weighted by Crippen LogP contribution is -2.57. The zero-order chi connectivity index (χ0) is 75.4. The van der Waals surface area contributed by atoms with Crippen LogP contribution in [-0.2, 0) is 29.2 Å². The number of halogens is 1. The van der Waals surface area contributed by atoms with Crippen molar-refractivity contribution in [3.05, 3.63) is 169 Å². The fourth-order valence-electron chi connectivity index (χ4n) is 14.1. The maximum absolute atomic E-state index is 14.3. The molecule has 0 saturated carbocycles. The summed E-state index contributed by atoms with van der Waals surface area (Å²) in [6.07, 6.45) is 5.38. The normalized spacial score (nSPS) is 18.0. The molecule has 4 heterocycles. The fraction of sp³-hybridized carbons (Fsp3) is 0.475. The second-order valence-electron chi connectivity index (χ2n) is 30.7. The fourth-order valence-corrected chi connectivity index (χ4v) is 17.0. The van der Waals surface area contributed by atoms with E-state index in [-0.39, 0.29) is 71.9 Å². The van der Waals surface area contributed by atoms with E-state index in [0.717, 1.165) is 95.4 Å². The summed E-state index contributed by atoms with van der Waals surface area (Å²) in [5, 5.41) is 33.8. The van der Waals surface area contributed by atoms with Gasteiger partial charge in [0, 0.05) is 123 Å². The van der Waals surface area contributed by atoms with Crippen molar-refractivity contribution in [1.29, 1.82) is 0 Å². The van der Waals surface area contributed by atoms with Crippen LogP contribution < -0.4 is 25.6 Å². The van der Waals surface area contributed by atoms with E-state index in [9.17, 15) is 47.6 Å². The number of carbonyl (C=O) groups is 5. The van der Waals surface area contributed by atoms with Crippen molar-refractivity contribution < 1.29 is 42.4 Å². The molecule has 1 aromatic heterocycles. The number of thiazole rings is 1. The van der Waals surface area contributed by atoms with Gasteiger partial charge >= 0.3 is 0 Å². The molecule has 5 aromatic carbocycles. The van der Waals surface area contributed by atoms with Gasteiger partial charge in [-0.2, -0.15) is 0 Å². The minimum atomic E-state index is -4.70. The number of likely N-dealkylation sites (tertiary alicyclic amines) is 1. The third kappa shape index (κ3) is 21.6. The number of sulfonamides is 1. The van der Waals surface area contributed by atoms with Crippen LogP contribution in [-0.4, -0.2) is 174 Å². The second kappa shape index (κ2) is 35.1. The molecule has 10 rings (SSSR count). The first-order chi connectivity index (χ1) is 49.9. The lowest BCUT2D eigenvalue weighted by Gasteiger charge is -2.39. The molecule has 6 aromatic rings. The lowest BCUT2D eigenvalue weighted by molar-refractivity contribution is -0.384. The van der Waals surface area contributed by atoms with E-state index in [0.29, 0.717) is 64.0 Å². The summed E-state index contributed by atoms with van der Waals surface area (Å²) in [4.78, 5) is 97.2. The molecule has 0 unspecified atom stereocenters. The van der Waals surface area contributed by atoms with Crippen LogP contribution >= 0.6 is 34.7 Å². The monoisotopic (exact) mass is 1510 g/mol. The van der Waals surface area contributed by atoms with E-state index in [2.05, 4.69) is 78.2 Å². The number of aliphatic hydroxyl groups excluding tert-OH is 1. The van der Waals surface area contributed by atoms with Gasteiger partial charge in [0.15, 0.2) is 0 Å². The van der Waals surface area contributed by atoms with Crippen LogP contribution in [0.2, 0.25) is 5.02 Å².